The number of hydrogen-bond acceptors (Lipinski definition) is 2. The molecular formula is C9H11ClN2. The predicted molar refractivity (Wildman–Crippen MR) is 54.0 cm³/mol. The first-order chi connectivity index (χ1) is 5.65. The highest BCUT2D eigenvalue weighted by Crippen LogP contribution is 2.22. The Balaban J connectivity index is 3.13. The first-order valence-electron chi connectivity index (χ1n) is 3.57. The van der Waals surface area contributed by atoms with E-state index in [4.69, 9.17) is 17.3 Å². The van der Waals surface area contributed by atoms with E-state index in [1.807, 2.05) is 0 Å². The molecule has 12 heavy (non-hydrogen) atoms. The highest BCUT2D eigenvalue weighted by molar-refractivity contribution is 6.30. The third kappa shape index (κ3) is 1.71. The van der Waals surface area contributed by atoms with Crippen LogP contribution in [0.5, 0.6) is 0 Å². The second-order valence-corrected chi connectivity index (χ2v) is 2.90. The summed E-state index contributed by atoms with van der Waals surface area (Å²) in [6, 6.07) is 5.30. The minimum absolute atomic E-state index is 0.663. The molecule has 0 aliphatic carbocycles. The van der Waals surface area contributed by atoms with Gasteiger partial charge in [-0.15, -0.1) is 0 Å². The quantitative estimate of drug-likeness (QED) is 0.688. The molecule has 0 saturated heterocycles. The molecule has 0 aliphatic rings. The number of benzene rings is 1. The fourth-order valence-corrected chi connectivity index (χ4v) is 1.10. The van der Waals surface area contributed by atoms with Gasteiger partial charge >= 0.3 is 0 Å². The van der Waals surface area contributed by atoms with E-state index in [0.29, 0.717) is 10.7 Å². The van der Waals surface area contributed by atoms with Crippen LogP contribution in [0.1, 0.15) is 5.56 Å². The SMILES string of the molecule is C=C(NC)c1cc(Cl)ccc1N. The number of nitrogen functional groups attached to an aromatic ring is 1. The van der Waals surface area contributed by atoms with Gasteiger partial charge in [-0.2, -0.15) is 0 Å². The van der Waals surface area contributed by atoms with Gasteiger partial charge in [-0.3, -0.25) is 0 Å². The lowest BCUT2D eigenvalue weighted by atomic mass is 10.1. The zero-order chi connectivity index (χ0) is 9.14. The molecule has 64 valence electrons. The second kappa shape index (κ2) is 3.50. The molecular weight excluding hydrogens is 172 g/mol. The van der Waals surface area contributed by atoms with Gasteiger partial charge in [-0.1, -0.05) is 18.2 Å². The van der Waals surface area contributed by atoms with Gasteiger partial charge < -0.3 is 11.1 Å². The van der Waals surface area contributed by atoms with Gasteiger partial charge in [0.2, 0.25) is 0 Å². The molecule has 2 nitrogen and oxygen atoms in total. The van der Waals surface area contributed by atoms with Crippen LogP contribution in [0.15, 0.2) is 24.8 Å². The van der Waals surface area contributed by atoms with Crippen LogP contribution in [-0.4, -0.2) is 7.05 Å². The van der Waals surface area contributed by atoms with Crippen molar-refractivity contribution in [3.63, 3.8) is 0 Å². The van der Waals surface area contributed by atoms with E-state index in [-0.39, 0.29) is 0 Å². The highest BCUT2D eigenvalue weighted by Gasteiger charge is 2.01. The predicted octanol–water partition coefficient (Wildman–Crippen LogP) is 2.11. The minimum Gasteiger partial charge on any atom is -0.398 e. The maximum absolute atomic E-state index is 5.79. The number of nitrogens with one attached hydrogen (secondary N) is 1. The third-order valence-electron chi connectivity index (χ3n) is 1.64. The summed E-state index contributed by atoms with van der Waals surface area (Å²) >= 11 is 5.79. The number of nitrogens with two attached hydrogens (primary N) is 1. The van der Waals surface area contributed by atoms with Gasteiger partial charge in [-0.25, -0.2) is 0 Å². The number of halogens is 1. The molecule has 0 unspecified atom stereocenters. The van der Waals surface area contributed by atoms with Crippen molar-refractivity contribution >= 4 is 23.0 Å². The average molecular weight is 183 g/mol. The molecule has 0 heterocycles. The Kier molecular flexibility index (Phi) is 2.61. The topological polar surface area (TPSA) is 38.0 Å². The van der Waals surface area contributed by atoms with Crippen molar-refractivity contribution in [2.24, 2.45) is 0 Å². The van der Waals surface area contributed by atoms with Crippen LogP contribution in [-0.2, 0) is 0 Å². The van der Waals surface area contributed by atoms with Crippen LogP contribution in [0.4, 0.5) is 5.69 Å². The summed E-state index contributed by atoms with van der Waals surface area (Å²) in [5, 5.41) is 3.58. The molecule has 0 radical (unpaired) electrons. The molecule has 3 N–H and O–H groups in total. The molecule has 0 aromatic heterocycles. The van der Waals surface area contributed by atoms with Gasteiger partial charge in [0.05, 0.1) is 0 Å². The van der Waals surface area contributed by atoms with Crippen LogP contribution in [0, 0.1) is 0 Å². The van der Waals surface area contributed by atoms with Crippen LogP contribution < -0.4 is 11.1 Å². The van der Waals surface area contributed by atoms with Crippen molar-refractivity contribution in [2.75, 3.05) is 12.8 Å². The molecule has 0 fully saturated rings. The number of anilines is 1. The molecule has 0 amide bonds. The normalized spacial score (nSPS) is 9.50. The second-order valence-electron chi connectivity index (χ2n) is 2.46. The molecule has 1 aromatic rings. The largest absolute Gasteiger partial charge is 0.398 e. The lowest BCUT2D eigenvalue weighted by molar-refractivity contribution is 1.13. The highest BCUT2D eigenvalue weighted by atomic mass is 35.5. The molecule has 1 rings (SSSR count). The van der Waals surface area contributed by atoms with Gasteiger partial charge in [-0.05, 0) is 18.2 Å². The summed E-state index contributed by atoms with van der Waals surface area (Å²) in [6.45, 7) is 3.80. The van der Waals surface area contributed by atoms with E-state index in [0.717, 1.165) is 11.3 Å². The van der Waals surface area contributed by atoms with E-state index >= 15 is 0 Å². The number of hydrogen-bond donors (Lipinski definition) is 2. The fourth-order valence-electron chi connectivity index (χ4n) is 0.925. The van der Waals surface area contributed by atoms with Crippen LogP contribution in [0.3, 0.4) is 0 Å². The van der Waals surface area contributed by atoms with E-state index in [1.165, 1.54) is 0 Å². The summed E-state index contributed by atoms with van der Waals surface area (Å²) < 4.78 is 0. The van der Waals surface area contributed by atoms with Crippen molar-refractivity contribution in [3.8, 4) is 0 Å². The third-order valence-corrected chi connectivity index (χ3v) is 1.88. The Hall–Kier alpha value is -1.15. The summed E-state index contributed by atoms with van der Waals surface area (Å²) in [7, 11) is 1.79. The maximum Gasteiger partial charge on any atom is 0.0414 e. The zero-order valence-corrected chi connectivity index (χ0v) is 7.65. The van der Waals surface area contributed by atoms with Crippen molar-refractivity contribution in [1.82, 2.24) is 5.32 Å². The summed E-state index contributed by atoms with van der Waals surface area (Å²) in [6.07, 6.45) is 0. The summed E-state index contributed by atoms with van der Waals surface area (Å²) in [5.41, 5.74) is 8.01. The molecule has 1 aromatic carbocycles. The Morgan fingerprint density at radius 1 is 1.58 bits per heavy atom. The number of rotatable bonds is 2. The van der Waals surface area contributed by atoms with Crippen molar-refractivity contribution in [2.45, 2.75) is 0 Å². The van der Waals surface area contributed by atoms with Crippen LogP contribution in [0.2, 0.25) is 5.02 Å². The monoisotopic (exact) mass is 182 g/mol. The van der Waals surface area contributed by atoms with E-state index < -0.39 is 0 Å². The smallest absolute Gasteiger partial charge is 0.0414 e. The Bertz CT molecular complexity index is 307. The van der Waals surface area contributed by atoms with Gasteiger partial charge in [0.1, 0.15) is 0 Å². The maximum atomic E-state index is 5.79. The molecule has 0 bridgehead atoms. The Morgan fingerprint density at radius 3 is 2.83 bits per heavy atom. The summed E-state index contributed by atoms with van der Waals surface area (Å²) in [4.78, 5) is 0. The molecule has 0 atom stereocenters. The van der Waals surface area contributed by atoms with Gasteiger partial charge in [0, 0.05) is 29.0 Å². The Labute approximate surface area is 77.0 Å². The lowest BCUT2D eigenvalue weighted by Gasteiger charge is -2.08. The zero-order valence-electron chi connectivity index (χ0n) is 6.89. The standard InChI is InChI=1S/C9H11ClN2/c1-6(12-2)8-5-7(10)3-4-9(8)11/h3-5,12H,1,11H2,2H3. The molecule has 0 aliphatic heterocycles. The van der Waals surface area contributed by atoms with Crippen LogP contribution in [0.25, 0.3) is 5.70 Å². The first kappa shape index (κ1) is 8.94. The van der Waals surface area contributed by atoms with Crippen molar-refractivity contribution in [3.05, 3.63) is 35.4 Å². The van der Waals surface area contributed by atoms with Crippen molar-refractivity contribution in [1.29, 1.82) is 0 Å². The minimum atomic E-state index is 0.663. The van der Waals surface area contributed by atoms with E-state index in [1.54, 1.807) is 25.2 Å². The Morgan fingerprint density at radius 2 is 2.25 bits per heavy atom. The lowest BCUT2D eigenvalue weighted by Crippen LogP contribution is -2.05. The molecule has 0 spiro atoms. The fraction of sp³-hybridized carbons (Fsp3) is 0.111. The molecule has 0 saturated carbocycles. The summed E-state index contributed by atoms with van der Waals surface area (Å²) in [5.74, 6) is 0. The molecule has 3 heteroatoms. The van der Waals surface area contributed by atoms with Gasteiger partial charge in [0.15, 0.2) is 0 Å². The van der Waals surface area contributed by atoms with Crippen LogP contribution >= 0.6 is 11.6 Å². The van der Waals surface area contributed by atoms with E-state index in [9.17, 15) is 0 Å². The van der Waals surface area contributed by atoms with E-state index in [2.05, 4.69) is 11.9 Å². The van der Waals surface area contributed by atoms with Gasteiger partial charge in [0.25, 0.3) is 0 Å². The first-order valence-corrected chi connectivity index (χ1v) is 3.95. The average Bonchev–Trinajstić information content (AvgIpc) is 2.08. The van der Waals surface area contributed by atoms with Crippen molar-refractivity contribution < 1.29 is 0 Å².